The zero-order valence-corrected chi connectivity index (χ0v) is 11.2. The van der Waals surface area contributed by atoms with Crippen LogP contribution in [0.2, 0.25) is 0 Å². The van der Waals surface area contributed by atoms with Gasteiger partial charge in [-0.1, -0.05) is 18.2 Å². The molecule has 1 atom stereocenters. The lowest BCUT2D eigenvalue weighted by Gasteiger charge is -2.37. The Morgan fingerprint density at radius 3 is 2.42 bits per heavy atom. The highest BCUT2D eigenvalue weighted by Gasteiger charge is 2.22. The van der Waals surface area contributed by atoms with Gasteiger partial charge in [-0.05, 0) is 19.2 Å². The van der Waals surface area contributed by atoms with E-state index in [2.05, 4.69) is 27.2 Å². The smallest absolute Gasteiger partial charge is 0.322 e. The minimum Gasteiger partial charge on any atom is -0.480 e. The number of para-hydroxylation sites is 1. The van der Waals surface area contributed by atoms with Crippen molar-refractivity contribution < 1.29 is 9.90 Å². The maximum Gasteiger partial charge on any atom is 0.322 e. The Kier molecular flexibility index (Phi) is 4.76. The van der Waals surface area contributed by atoms with Gasteiger partial charge in [-0.2, -0.15) is 0 Å². The van der Waals surface area contributed by atoms with Gasteiger partial charge in [-0.25, -0.2) is 0 Å². The quantitative estimate of drug-likeness (QED) is 0.809. The minimum atomic E-state index is -0.784. The number of hydrogen-bond donors (Lipinski definition) is 2. The molecule has 2 rings (SSSR count). The van der Waals surface area contributed by atoms with Crippen LogP contribution in [0.1, 0.15) is 0 Å². The number of carbonyl (C=O) groups is 1. The van der Waals surface area contributed by atoms with Crippen LogP contribution >= 0.6 is 0 Å². The molecule has 104 valence electrons. The van der Waals surface area contributed by atoms with Crippen LogP contribution in [-0.2, 0) is 4.79 Å². The SMILES string of the molecule is CNC(CN1CCN(c2ccccc2)CC1)C(=O)O. The number of benzene rings is 1. The molecule has 1 aliphatic heterocycles. The molecular formula is C14H21N3O2. The zero-order chi connectivity index (χ0) is 13.7. The van der Waals surface area contributed by atoms with Gasteiger partial charge in [0.2, 0.25) is 0 Å². The fraction of sp³-hybridized carbons (Fsp3) is 0.500. The molecule has 1 fully saturated rings. The van der Waals surface area contributed by atoms with Gasteiger partial charge in [0.1, 0.15) is 6.04 Å². The number of rotatable bonds is 5. The third kappa shape index (κ3) is 3.68. The van der Waals surface area contributed by atoms with Gasteiger partial charge >= 0.3 is 5.97 Å². The molecule has 19 heavy (non-hydrogen) atoms. The van der Waals surface area contributed by atoms with Crippen LogP contribution in [0.15, 0.2) is 30.3 Å². The monoisotopic (exact) mass is 263 g/mol. The van der Waals surface area contributed by atoms with E-state index in [0.29, 0.717) is 6.54 Å². The molecule has 5 nitrogen and oxygen atoms in total. The van der Waals surface area contributed by atoms with E-state index in [1.807, 2.05) is 18.2 Å². The summed E-state index contributed by atoms with van der Waals surface area (Å²) in [7, 11) is 1.69. The number of carboxylic acids is 1. The molecule has 5 heteroatoms. The van der Waals surface area contributed by atoms with Crippen LogP contribution < -0.4 is 10.2 Å². The minimum absolute atomic E-state index is 0.483. The summed E-state index contributed by atoms with van der Waals surface area (Å²) in [4.78, 5) is 15.5. The second-order valence-corrected chi connectivity index (χ2v) is 4.80. The van der Waals surface area contributed by atoms with E-state index < -0.39 is 12.0 Å². The Morgan fingerprint density at radius 2 is 1.89 bits per heavy atom. The van der Waals surface area contributed by atoms with Gasteiger partial charge in [-0.3, -0.25) is 9.69 Å². The maximum absolute atomic E-state index is 11.0. The predicted octanol–water partition coefficient (Wildman–Crippen LogP) is 0.481. The van der Waals surface area contributed by atoms with Gasteiger partial charge < -0.3 is 15.3 Å². The summed E-state index contributed by atoms with van der Waals surface area (Å²) in [6.07, 6.45) is 0. The number of nitrogens with one attached hydrogen (secondary N) is 1. The second-order valence-electron chi connectivity index (χ2n) is 4.80. The van der Waals surface area contributed by atoms with Crippen LogP contribution in [0.25, 0.3) is 0 Å². The molecule has 1 aromatic rings. The molecular weight excluding hydrogens is 242 g/mol. The number of aliphatic carboxylic acids is 1. The van der Waals surface area contributed by atoms with E-state index in [0.717, 1.165) is 26.2 Å². The van der Waals surface area contributed by atoms with Gasteiger partial charge in [0.15, 0.2) is 0 Å². The molecule has 0 amide bonds. The summed E-state index contributed by atoms with van der Waals surface area (Å²) in [6, 6.07) is 9.85. The molecule has 1 aliphatic rings. The van der Waals surface area contributed by atoms with E-state index in [4.69, 9.17) is 5.11 Å². The van der Waals surface area contributed by atoms with Gasteiger partial charge in [0.05, 0.1) is 0 Å². The van der Waals surface area contributed by atoms with Gasteiger partial charge in [-0.15, -0.1) is 0 Å². The summed E-state index contributed by atoms with van der Waals surface area (Å²) >= 11 is 0. The molecule has 1 heterocycles. The van der Waals surface area contributed by atoms with Gasteiger partial charge in [0.25, 0.3) is 0 Å². The van der Waals surface area contributed by atoms with E-state index in [9.17, 15) is 4.79 Å². The molecule has 2 N–H and O–H groups in total. The summed E-state index contributed by atoms with van der Waals surface area (Å²) in [6.45, 7) is 4.26. The summed E-state index contributed by atoms with van der Waals surface area (Å²) in [5.74, 6) is -0.784. The maximum atomic E-state index is 11.0. The Morgan fingerprint density at radius 1 is 1.26 bits per heavy atom. The fourth-order valence-corrected chi connectivity index (χ4v) is 2.38. The van der Waals surface area contributed by atoms with Crippen molar-refractivity contribution in [1.82, 2.24) is 10.2 Å². The highest BCUT2D eigenvalue weighted by molar-refractivity contribution is 5.73. The number of anilines is 1. The first-order chi connectivity index (χ1) is 9.20. The fourth-order valence-electron chi connectivity index (χ4n) is 2.38. The third-order valence-corrected chi connectivity index (χ3v) is 3.58. The van der Waals surface area contributed by atoms with Crippen molar-refractivity contribution in [3.63, 3.8) is 0 Å². The lowest BCUT2D eigenvalue weighted by atomic mass is 10.2. The Bertz CT molecular complexity index is 402. The second kappa shape index (κ2) is 6.54. The first-order valence-corrected chi connectivity index (χ1v) is 6.63. The summed E-state index contributed by atoms with van der Waals surface area (Å²) in [5.41, 5.74) is 1.24. The van der Waals surface area contributed by atoms with Crippen LogP contribution in [0.5, 0.6) is 0 Å². The molecule has 0 saturated carbocycles. The normalized spacial score (nSPS) is 18.3. The van der Waals surface area contributed by atoms with Crippen LogP contribution in [-0.4, -0.2) is 61.8 Å². The van der Waals surface area contributed by atoms with Crippen molar-refractivity contribution in [3.05, 3.63) is 30.3 Å². The highest BCUT2D eigenvalue weighted by atomic mass is 16.4. The molecule has 1 unspecified atom stereocenters. The van der Waals surface area contributed by atoms with Crippen molar-refractivity contribution in [2.45, 2.75) is 6.04 Å². The number of nitrogens with zero attached hydrogens (tertiary/aromatic N) is 2. The van der Waals surface area contributed by atoms with Crippen LogP contribution in [0.3, 0.4) is 0 Å². The van der Waals surface area contributed by atoms with E-state index in [1.165, 1.54) is 5.69 Å². The Labute approximate surface area is 113 Å². The first-order valence-electron chi connectivity index (χ1n) is 6.63. The molecule has 1 saturated heterocycles. The molecule has 0 aromatic heterocycles. The van der Waals surface area contributed by atoms with Crippen molar-refractivity contribution >= 4 is 11.7 Å². The van der Waals surface area contributed by atoms with Crippen molar-refractivity contribution in [1.29, 1.82) is 0 Å². The molecule has 0 aliphatic carbocycles. The summed E-state index contributed by atoms with van der Waals surface area (Å²) in [5, 5.41) is 11.9. The van der Waals surface area contributed by atoms with Crippen molar-refractivity contribution in [2.24, 2.45) is 0 Å². The predicted molar refractivity (Wildman–Crippen MR) is 75.6 cm³/mol. The van der Waals surface area contributed by atoms with Crippen LogP contribution in [0, 0.1) is 0 Å². The van der Waals surface area contributed by atoms with Crippen molar-refractivity contribution in [2.75, 3.05) is 44.7 Å². The molecule has 0 radical (unpaired) electrons. The largest absolute Gasteiger partial charge is 0.480 e. The number of hydrogen-bond acceptors (Lipinski definition) is 4. The summed E-state index contributed by atoms with van der Waals surface area (Å²) < 4.78 is 0. The number of piperazine rings is 1. The standard InChI is InChI=1S/C14H21N3O2/c1-15-13(14(18)19)11-16-7-9-17(10-8-16)12-5-3-2-4-6-12/h2-6,13,15H,7-11H2,1H3,(H,18,19). The average molecular weight is 263 g/mol. The highest BCUT2D eigenvalue weighted by Crippen LogP contribution is 2.15. The number of carboxylic acid groups (broad SMARTS) is 1. The third-order valence-electron chi connectivity index (χ3n) is 3.58. The van der Waals surface area contributed by atoms with E-state index in [1.54, 1.807) is 7.05 Å². The Balaban J connectivity index is 1.84. The Hall–Kier alpha value is -1.59. The first kappa shape index (κ1) is 13.8. The van der Waals surface area contributed by atoms with Gasteiger partial charge in [0, 0.05) is 38.4 Å². The average Bonchev–Trinajstić information content (AvgIpc) is 2.46. The zero-order valence-electron chi connectivity index (χ0n) is 11.2. The topological polar surface area (TPSA) is 55.8 Å². The lowest BCUT2D eigenvalue weighted by Crippen LogP contribution is -2.52. The van der Waals surface area contributed by atoms with Crippen molar-refractivity contribution in [3.8, 4) is 0 Å². The number of likely N-dealkylation sites (N-methyl/N-ethyl adjacent to an activating group) is 1. The van der Waals surface area contributed by atoms with E-state index in [-0.39, 0.29) is 0 Å². The lowest BCUT2D eigenvalue weighted by molar-refractivity contribution is -0.139. The molecule has 0 spiro atoms. The van der Waals surface area contributed by atoms with E-state index >= 15 is 0 Å². The molecule has 1 aromatic carbocycles. The van der Waals surface area contributed by atoms with Crippen LogP contribution in [0.4, 0.5) is 5.69 Å². The molecule has 0 bridgehead atoms.